The van der Waals surface area contributed by atoms with Crippen molar-refractivity contribution < 1.29 is 5.11 Å². The summed E-state index contributed by atoms with van der Waals surface area (Å²) in [7, 11) is 0. The third kappa shape index (κ3) is 5.69. The van der Waals surface area contributed by atoms with Crippen molar-refractivity contribution in [2.24, 2.45) is 11.8 Å². The Kier molecular flexibility index (Phi) is 5.68. The van der Waals surface area contributed by atoms with Crippen molar-refractivity contribution in [1.29, 1.82) is 0 Å². The normalized spacial score (nSPS) is 12.6. The third-order valence-electron chi connectivity index (χ3n) is 2.99. The van der Waals surface area contributed by atoms with Gasteiger partial charge in [0.15, 0.2) is 0 Å². The lowest BCUT2D eigenvalue weighted by Gasteiger charge is -2.31. The van der Waals surface area contributed by atoms with Crippen molar-refractivity contribution in [1.82, 2.24) is 0 Å². The van der Waals surface area contributed by atoms with Gasteiger partial charge < -0.3 is 5.11 Å². The average Bonchev–Trinajstić information content (AvgIpc) is 2.64. The highest BCUT2D eigenvalue weighted by molar-refractivity contribution is 7.09. The van der Waals surface area contributed by atoms with E-state index < -0.39 is 5.60 Å². The van der Waals surface area contributed by atoms with Crippen LogP contribution in [0.4, 0.5) is 0 Å². The highest BCUT2D eigenvalue weighted by atomic mass is 32.1. The zero-order valence-electron chi connectivity index (χ0n) is 11.6. The van der Waals surface area contributed by atoms with Gasteiger partial charge in [0.1, 0.15) is 0 Å². The van der Waals surface area contributed by atoms with Crippen LogP contribution in [0.25, 0.3) is 0 Å². The summed E-state index contributed by atoms with van der Waals surface area (Å²) >= 11 is 1.79. The highest BCUT2D eigenvalue weighted by Gasteiger charge is 2.28. The smallest absolute Gasteiger partial charge is 0.0656 e. The van der Waals surface area contributed by atoms with Crippen LogP contribution in [0.5, 0.6) is 0 Å². The number of rotatable bonds is 7. The van der Waals surface area contributed by atoms with Gasteiger partial charge in [-0.2, -0.15) is 0 Å². The molecule has 0 aliphatic heterocycles. The van der Waals surface area contributed by atoms with Gasteiger partial charge in [-0.15, -0.1) is 11.3 Å². The van der Waals surface area contributed by atoms with E-state index in [-0.39, 0.29) is 0 Å². The predicted octanol–water partition coefficient (Wildman–Crippen LogP) is 4.50. The zero-order valence-corrected chi connectivity index (χ0v) is 12.4. The predicted molar refractivity (Wildman–Crippen MR) is 76.5 cm³/mol. The summed E-state index contributed by atoms with van der Waals surface area (Å²) in [5.74, 6) is 1.11. The summed E-state index contributed by atoms with van der Waals surface area (Å²) in [5.41, 5.74) is -0.480. The fraction of sp³-hybridized carbons (Fsp3) is 0.733. The minimum Gasteiger partial charge on any atom is -0.390 e. The topological polar surface area (TPSA) is 20.2 Å². The summed E-state index contributed by atoms with van der Waals surface area (Å²) in [6.07, 6.45) is 3.73. The summed E-state index contributed by atoms with van der Waals surface area (Å²) in [4.78, 5) is 1.39. The van der Waals surface area contributed by atoms with Gasteiger partial charge in [-0.05, 0) is 49.0 Å². The Hall–Kier alpha value is -0.340. The first-order valence-corrected chi connectivity index (χ1v) is 7.54. The number of hydrogen-bond donors (Lipinski definition) is 1. The number of aryl methyl sites for hydroxylation is 1. The molecular formula is C15H26OS. The first-order chi connectivity index (χ1) is 7.91. The van der Waals surface area contributed by atoms with Crippen LogP contribution in [0.15, 0.2) is 17.5 Å². The van der Waals surface area contributed by atoms with Gasteiger partial charge in [0.25, 0.3) is 0 Å². The SMILES string of the molecule is CC(C)CC(O)(CCc1cccs1)CC(C)C. The largest absolute Gasteiger partial charge is 0.390 e. The maximum atomic E-state index is 10.8. The molecule has 1 nitrogen and oxygen atoms in total. The molecule has 1 aromatic heterocycles. The molecule has 0 radical (unpaired) electrons. The fourth-order valence-corrected chi connectivity index (χ4v) is 3.33. The van der Waals surface area contributed by atoms with E-state index in [1.807, 2.05) is 0 Å². The second-order valence-electron chi connectivity index (χ2n) is 6.00. The first-order valence-electron chi connectivity index (χ1n) is 6.66. The van der Waals surface area contributed by atoms with Crippen LogP contribution in [0.1, 0.15) is 51.8 Å². The minimum atomic E-state index is -0.480. The van der Waals surface area contributed by atoms with E-state index >= 15 is 0 Å². The van der Waals surface area contributed by atoms with Crippen LogP contribution in [0.3, 0.4) is 0 Å². The molecule has 0 aliphatic rings. The van der Waals surface area contributed by atoms with Gasteiger partial charge in [0.2, 0.25) is 0 Å². The van der Waals surface area contributed by atoms with Crippen molar-refractivity contribution >= 4 is 11.3 Å². The Morgan fingerprint density at radius 1 is 1.18 bits per heavy atom. The average molecular weight is 254 g/mol. The van der Waals surface area contributed by atoms with Crippen molar-refractivity contribution in [2.45, 2.75) is 59.0 Å². The molecule has 1 heterocycles. The van der Waals surface area contributed by atoms with Crippen molar-refractivity contribution in [3.05, 3.63) is 22.4 Å². The molecule has 1 N–H and O–H groups in total. The zero-order chi connectivity index (χ0) is 12.9. The molecule has 2 heteroatoms. The van der Waals surface area contributed by atoms with Crippen molar-refractivity contribution in [3.63, 3.8) is 0 Å². The van der Waals surface area contributed by atoms with Crippen LogP contribution in [-0.2, 0) is 6.42 Å². The molecule has 1 rings (SSSR count). The maximum Gasteiger partial charge on any atom is 0.0656 e. The summed E-state index contributed by atoms with van der Waals surface area (Å²) in [5, 5.41) is 12.9. The molecule has 0 unspecified atom stereocenters. The van der Waals surface area contributed by atoms with E-state index in [0.29, 0.717) is 11.8 Å². The van der Waals surface area contributed by atoms with E-state index in [1.165, 1.54) is 4.88 Å². The lowest BCUT2D eigenvalue weighted by atomic mass is 9.81. The molecule has 0 fully saturated rings. The molecule has 0 saturated heterocycles. The van der Waals surface area contributed by atoms with Gasteiger partial charge in [0.05, 0.1) is 5.60 Å². The second kappa shape index (κ2) is 6.55. The standard InChI is InChI=1S/C15H26OS/c1-12(2)10-15(16,11-13(3)4)8-7-14-6-5-9-17-14/h5-6,9,12-13,16H,7-8,10-11H2,1-4H3. The summed E-state index contributed by atoms with van der Waals surface area (Å²) in [6.45, 7) is 8.76. The van der Waals surface area contributed by atoms with Gasteiger partial charge in [-0.3, -0.25) is 0 Å². The number of aliphatic hydroxyl groups is 1. The van der Waals surface area contributed by atoms with Crippen LogP contribution in [0, 0.1) is 11.8 Å². The van der Waals surface area contributed by atoms with Gasteiger partial charge in [-0.1, -0.05) is 33.8 Å². The number of hydrogen-bond acceptors (Lipinski definition) is 2. The van der Waals surface area contributed by atoms with E-state index in [1.54, 1.807) is 11.3 Å². The molecule has 1 aromatic rings. The Morgan fingerprint density at radius 3 is 2.18 bits per heavy atom. The molecule has 0 atom stereocenters. The summed E-state index contributed by atoms with van der Waals surface area (Å²) < 4.78 is 0. The van der Waals surface area contributed by atoms with Crippen molar-refractivity contribution in [3.8, 4) is 0 Å². The van der Waals surface area contributed by atoms with E-state index in [4.69, 9.17) is 0 Å². The Balaban J connectivity index is 2.56. The van der Waals surface area contributed by atoms with Gasteiger partial charge in [-0.25, -0.2) is 0 Å². The molecular weight excluding hydrogens is 228 g/mol. The van der Waals surface area contributed by atoms with Crippen molar-refractivity contribution in [2.75, 3.05) is 0 Å². The van der Waals surface area contributed by atoms with Crippen LogP contribution >= 0.6 is 11.3 Å². The van der Waals surface area contributed by atoms with Crippen LogP contribution in [0.2, 0.25) is 0 Å². The molecule has 0 spiro atoms. The molecule has 0 aromatic carbocycles. The Labute approximate surface area is 110 Å². The van der Waals surface area contributed by atoms with E-state index in [9.17, 15) is 5.11 Å². The van der Waals surface area contributed by atoms with E-state index in [2.05, 4.69) is 45.2 Å². The van der Waals surface area contributed by atoms with Gasteiger partial charge in [0, 0.05) is 4.88 Å². The summed E-state index contributed by atoms with van der Waals surface area (Å²) in [6, 6.07) is 4.25. The second-order valence-corrected chi connectivity index (χ2v) is 7.03. The molecule has 98 valence electrons. The molecule has 0 bridgehead atoms. The molecule has 0 amide bonds. The Morgan fingerprint density at radius 2 is 1.76 bits per heavy atom. The quantitative estimate of drug-likeness (QED) is 0.759. The molecule has 0 aliphatic carbocycles. The minimum absolute atomic E-state index is 0.480. The monoisotopic (exact) mass is 254 g/mol. The lowest BCUT2D eigenvalue weighted by molar-refractivity contribution is -0.00690. The van der Waals surface area contributed by atoms with Gasteiger partial charge >= 0.3 is 0 Å². The van der Waals surface area contributed by atoms with E-state index in [0.717, 1.165) is 25.7 Å². The maximum absolute atomic E-state index is 10.8. The molecule has 0 saturated carbocycles. The number of thiophene rings is 1. The fourth-order valence-electron chi connectivity index (χ4n) is 2.62. The Bertz CT molecular complexity index is 291. The highest BCUT2D eigenvalue weighted by Crippen LogP contribution is 2.30. The van der Waals surface area contributed by atoms with Crippen LogP contribution in [-0.4, -0.2) is 10.7 Å². The molecule has 17 heavy (non-hydrogen) atoms. The van der Waals surface area contributed by atoms with Crippen LogP contribution < -0.4 is 0 Å². The first kappa shape index (κ1) is 14.7. The lowest BCUT2D eigenvalue weighted by Crippen LogP contribution is -2.32. The third-order valence-corrected chi connectivity index (χ3v) is 3.93.